The Kier molecular flexibility index (Phi) is 1.92. The standard InChI is InChI=1S/C5H5ClN2OS/c6-10(7,9)5-3-1-2-4-8-5/h1-4,7H. The highest BCUT2D eigenvalue weighted by Crippen LogP contribution is 2.10. The van der Waals surface area contributed by atoms with E-state index in [1.807, 2.05) is 0 Å². The summed E-state index contributed by atoms with van der Waals surface area (Å²) in [4.78, 5) is 3.66. The molecule has 0 aliphatic rings. The van der Waals surface area contributed by atoms with Gasteiger partial charge in [-0.2, -0.15) is 0 Å². The van der Waals surface area contributed by atoms with Gasteiger partial charge < -0.3 is 0 Å². The van der Waals surface area contributed by atoms with Crippen LogP contribution in [0, 0.1) is 4.78 Å². The van der Waals surface area contributed by atoms with Crippen LogP contribution in [-0.2, 0) is 8.94 Å². The van der Waals surface area contributed by atoms with Crippen LogP contribution < -0.4 is 0 Å². The second-order valence-corrected chi connectivity index (χ2v) is 4.35. The fraction of sp³-hybridized carbons (Fsp3) is 0. The molecule has 0 spiro atoms. The van der Waals surface area contributed by atoms with Crippen molar-refractivity contribution in [3.63, 3.8) is 0 Å². The normalized spacial score (nSPS) is 16.1. The predicted octanol–water partition coefficient (Wildman–Crippen LogP) is 1.64. The molecule has 0 fully saturated rings. The Balaban J connectivity index is 3.22. The van der Waals surface area contributed by atoms with Crippen LogP contribution in [0.1, 0.15) is 0 Å². The van der Waals surface area contributed by atoms with E-state index >= 15 is 0 Å². The van der Waals surface area contributed by atoms with Gasteiger partial charge in [0.1, 0.15) is 0 Å². The number of nitrogens with one attached hydrogen (secondary N) is 1. The number of nitrogens with zero attached hydrogens (tertiary/aromatic N) is 1. The van der Waals surface area contributed by atoms with E-state index in [4.69, 9.17) is 15.5 Å². The third-order valence-electron chi connectivity index (χ3n) is 0.907. The molecular weight excluding hydrogens is 172 g/mol. The van der Waals surface area contributed by atoms with E-state index in [0.29, 0.717) is 0 Å². The molecule has 3 nitrogen and oxygen atoms in total. The van der Waals surface area contributed by atoms with Gasteiger partial charge in [0.05, 0.1) is 0 Å². The Bertz CT molecular complexity index is 308. The molecule has 10 heavy (non-hydrogen) atoms. The Morgan fingerprint density at radius 2 is 2.30 bits per heavy atom. The molecule has 1 rings (SSSR count). The molecule has 1 atom stereocenters. The highest BCUT2D eigenvalue weighted by atomic mass is 35.7. The number of hydrogen-bond acceptors (Lipinski definition) is 3. The molecule has 0 radical (unpaired) electrons. The summed E-state index contributed by atoms with van der Waals surface area (Å²) in [6, 6.07) is 4.77. The van der Waals surface area contributed by atoms with E-state index in [-0.39, 0.29) is 5.03 Å². The van der Waals surface area contributed by atoms with Crippen LogP contribution in [0.3, 0.4) is 0 Å². The average molecular weight is 177 g/mol. The summed E-state index contributed by atoms with van der Waals surface area (Å²) in [5.74, 6) is 0. The van der Waals surface area contributed by atoms with E-state index in [2.05, 4.69) is 4.98 Å². The minimum Gasteiger partial charge on any atom is -0.245 e. The Morgan fingerprint density at radius 3 is 2.60 bits per heavy atom. The van der Waals surface area contributed by atoms with Gasteiger partial charge in [-0.3, -0.25) is 0 Å². The van der Waals surface area contributed by atoms with Crippen molar-refractivity contribution in [3.8, 4) is 0 Å². The largest absolute Gasteiger partial charge is 0.245 e. The molecule has 1 N–H and O–H groups in total. The number of aromatic nitrogens is 1. The molecule has 1 heterocycles. The predicted molar refractivity (Wildman–Crippen MR) is 39.2 cm³/mol. The summed E-state index contributed by atoms with van der Waals surface area (Å²) in [6.07, 6.45) is 1.45. The smallest absolute Gasteiger partial charge is 0.174 e. The lowest BCUT2D eigenvalue weighted by Gasteiger charge is -1.93. The Labute approximate surface area is 63.5 Å². The van der Waals surface area contributed by atoms with Crippen molar-refractivity contribution in [3.05, 3.63) is 24.4 Å². The van der Waals surface area contributed by atoms with Crippen molar-refractivity contribution in [2.45, 2.75) is 5.03 Å². The monoisotopic (exact) mass is 176 g/mol. The van der Waals surface area contributed by atoms with Crippen molar-refractivity contribution in [2.24, 2.45) is 0 Å². The molecule has 0 saturated heterocycles. The van der Waals surface area contributed by atoms with Gasteiger partial charge in [0.15, 0.2) is 14.0 Å². The lowest BCUT2D eigenvalue weighted by Crippen LogP contribution is -1.90. The summed E-state index contributed by atoms with van der Waals surface area (Å²) in [5.41, 5.74) is 0. The SMILES string of the molecule is N=S(=O)(Cl)c1ccccn1. The molecule has 5 heteroatoms. The quantitative estimate of drug-likeness (QED) is 0.662. The maximum atomic E-state index is 10.8. The number of hydrogen-bond donors (Lipinski definition) is 1. The van der Waals surface area contributed by atoms with E-state index in [9.17, 15) is 4.21 Å². The van der Waals surface area contributed by atoms with Crippen molar-refractivity contribution >= 4 is 19.6 Å². The first-order valence-electron chi connectivity index (χ1n) is 2.50. The van der Waals surface area contributed by atoms with Gasteiger partial charge in [-0.15, -0.1) is 0 Å². The van der Waals surface area contributed by atoms with Crippen molar-refractivity contribution in [1.29, 1.82) is 4.78 Å². The van der Waals surface area contributed by atoms with Gasteiger partial charge in [0.25, 0.3) is 0 Å². The second-order valence-electron chi connectivity index (χ2n) is 1.65. The van der Waals surface area contributed by atoms with Crippen LogP contribution >= 0.6 is 10.7 Å². The fourth-order valence-corrected chi connectivity index (χ4v) is 1.23. The zero-order valence-corrected chi connectivity index (χ0v) is 6.52. The topological polar surface area (TPSA) is 53.8 Å². The summed E-state index contributed by atoms with van der Waals surface area (Å²) in [7, 11) is 2.05. The Morgan fingerprint density at radius 1 is 1.60 bits per heavy atom. The first-order valence-corrected chi connectivity index (χ1v) is 4.88. The molecule has 1 aromatic rings. The lowest BCUT2D eigenvalue weighted by molar-refractivity contribution is 0.681. The van der Waals surface area contributed by atoms with Crippen molar-refractivity contribution in [1.82, 2.24) is 4.98 Å². The van der Waals surface area contributed by atoms with Gasteiger partial charge in [-0.05, 0) is 12.1 Å². The average Bonchev–Trinajstić information content (AvgIpc) is 1.88. The summed E-state index contributed by atoms with van der Waals surface area (Å²) in [5, 5.41) is 0.108. The van der Waals surface area contributed by atoms with Gasteiger partial charge >= 0.3 is 0 Å². The highest BCUT2D eigenvalue weighted by molar-refractivity contribution is 8.14. The van der Waals surface area contributed by atoms with Crippen LogP contribution in [0.25, 0.3) is 0 Å². The first kappa shape index (κ1) is 7.50. The van der Waals surface area contributed by atoms with E-state index in [1.54, 1.807) is 12.1 Å². The summed E-state index contributed by atoms with van der Waals surface area (Å²) in [6.45, 7) is 0. The van der Waals surface area contributed by atoms with Crippen molar-refractivity contribution < 1.29 is 4.21 Å². The van der Waals surface area contributed by atoms with Crippen LogP contribution in [0.15, 0.2) is 29.4 Å². The van der Waals surface area contributed by atoms with E-state index < -0.39 is 8.94 Å². The molecule has 0 saturated carbocycles. The molecule has 0 aliphatic heterocycles. The van der Waals surface area contributed by atoms with Crippen LogP contribution in [0.5, 0.6) is 0 Å². The van der Waals surface area contributed by atoms with Crippen LogP contribution in [0.4, 0.5) is 0 Å². The maximum Gasteiger partial charge on any atom is 0.174 e. The van der Waals surface area contributed by atoms with Gasteiger partial charge in [0.2, 0.25) is 0 Å². The van der Waals surface area contributed by atoms with E-state index in [1.165, 1.54) is 12.3 Å². The summed E-state index contributed by atoms with van der Waals surface area (Å²) >= 11 is 0. The molecular formula is C5H5ClN2OS. The number of pyridine rings is 1. The van der Waals surface area contributed by atoms with Crippen LogP contribution in [-0.4, -0.2) is 9.19 Å². The molecule has 0 amide bonds. The molecule has 0 bridgehead atoms. The fourth-order valence-electron chi connectivity index (χ4n) is 0.502. The molecule has 1 unspecified atom stereocenters. The zero-order valence-electron chi connectivity index (χ0n) is 4.95. The van der Waals surface area contributed by atoms with Crippen molar-refractivity contribution in [2.75, 3.05) is 0 Å². The molecule has 0 aliphatic carbocycles. The van der Waals surface area contributed by atoms with Crippen LogP contribution in [0.2, 0.25) is 0 Å². The minimum absolute atomic E-state index is 0.108. The Hall–Kier alpha value is -0.610. The minimum atomic E-state index is -3.14. The summed E-state index contributed by atoms with van der Waals surface area (Å²) < 4.78 is 17.7. The van der Waals surface area contributed by atoms with Gasteiger partial charge in [-0.25, -0.2) is 14.0 Å². The highest BCUT2D eigenvalue weighted by Gasteiger charge is 2.03. The number of rotatable bonds is 1. The molecule has 0 aromatic carbocycles. The van der Waals surface area contributed by atoms with E-state index in [0.717, 1.165) is 0 Å². The zero-order chi connectivity index (χ0) is 7.61. The second kappa shape index (κ2) is 2.56. The van der Waals surface area contributed by atoms with Gasteiger partial charge in [-0.1, -0.05) is 6.07 Å². The first-order chi connectivity index (χ1) is 4.61. The maximum absolute atomic E-state index is 10.8. The van der Waals surface area contributed by atoms with Gasteiger partial charge in [0, 0.05) is 16.9 Å². The molecule has 1 aromatic heterocycles. The lowest BCUT2D eigenvalue weighted by atomic mass is 10.5. The third kappa shape index (κ3) is 1.68. The number of halogens is 1. The molecule has 54 valence electrons. The third-order valence-corrected chi connectivity index (χ3v) is 2.16.